The average Bonchev–Trinajstić information content (AvgIpc) is 2.70. The van der Waals surface area contributed by atoms with Crippen LogP contribution in [0.25, 0.3) is 0 Å². The van der Waals surface area contributed by atoms with E-state index in [0.29, 0.717) is 6.42 Å². The first-order valence-electron chi connectivity index (χ1n) is 7.35. The van der Waals surface area contributed by atoms with E-state index in [-0.39, 0.29) is 11.6 Å². The van der Waals surface area contributed by atoms with E-state index >= 15 is 0 Å². The second kappa shape index (κ2) is 7.13. The summed E-state index contributed by atoms with van der Waals surface area (Å²) in [6.07, 6.45) is 5.29. The standard InChI is InChI=1S/C15H29NO2/c1-5-16-11-10-13(12-16)8-6-7-9-14(17)18-15(2,3)4/h13H,5-12H2,1-4H3. The number of ether oxygens (including phenoxy) is 1. The second-order valence-electron chi connectivity index (χ2n) is 6.38. The molecule has 1 saturated heterocycles. The SMILES string of the molecule is CCN1CCC(CCCCC(=O)OC(C)(C)C)C1. The smallest absolute Gasteiger partial charge is 0.306 e. The Balaban J connectivity index is 2.04. The molecule has 18 heavy (non-hydrogen) atoms. The molecule has 1 heterocycles. The molecule has 0 aromatic heterocycles. The van der Waals surface area contributed by atoms with E-state index in [1.54, 1.807) is 0 Å². The lowest BCUT2D eigenvalue weighted by molar-refractivity contribution is -0.154. The molecule has 0 bridgehead atoms. The lowest BCUT2D eigenvalue weighted by Gasteiger charge is -2.19. The fourth-order valence-corrected chi connectivity index (χ4v) is 2.53. The van der Waals surface area contributed by atoms with Crippen molar-refractivity contribution in [2.24, 2.45) is 5.92 Å². The molecular weight excluding hydrogens is 226 g/mol. The molecule has 0 aromatic carbocycles. The van der Waals surface area contributed by atoms with E-state index in [9.17, 15) is 4.79 Å². The molecule has 3 heteroatoms. The van der Waals surface area contributed by atoms with Gasteiger partial charge in [0, 0.05) is 13.0 Å². The van der Waals surface area contributed by atoms with Gasteiger partial charge in [-0.1, -0.05) is 13.3 Å². The zero-order valence-corrected chi connectivity index (χ0v) is 12.5. The Kier molecular flexibility index (Phi) is 6.13. The van der Waals surface area contributed by atoms with E-state index < -0.39 is 0 Å². The lowest BCUT2D eigenvalue weighted by atomic mass is 10.0. The minimum atomic E-state index is -0.343. The maximum atomic E-state index is 11.5. The lowest BCUT2D eigenvalue weighted by Crippen LogP contribution is -2.23. The molecule has 1 aliphatic rings. The summed E-state index contributed by atoms with van der Waals surface area (Å²) in [7, 11) is 0. The number of esters is 1. The third kappa shape index (κ3) is 6.39. The number of unbranched alkanes of at least 4 members (excludes halogenated alkanes) is 1. The van der Waals surface area contributed by atoms with Crippen molar-refractivity contribution in [2.75, 3.05) is 19.6 Å². The van der Waals surface area contributed by atoms with Gasteiger partial charge in [-0.2, -0.15) is 0 Å². The Morgan fingerprint density at radius 3 is 2.61 bits per heavy atom. The topological polar surface area (TPSA) is 29.5 Å². The Morgan fingerprint density at radius 2 is 2.06 bits per heavy atom. The molecule has 106 valence electrons. The maximum absolute atomic E-state index is 11.5. The van der Waals surface area contributed by atoms with Crippen molar-refractivity contribution in [1.82, 2.24) is 4.90 Å². The minimum absolute atomic E-state index is 0.0518. The summed E-state index contributed by atoms with van der Waals surface area (Å²) in [5, 5.41) is 0. The van der Waals surface area contributed by atoms with Crippen molar-refractivity contribution in [3.05, 3.63) is 0 Å². The van der Waals surface area contributed by atoms with E-state index in [0.717, 1.165) is 18.8 Å². The van der Waals surface area contributed by atoms with Crippen LogP contribution in [0.3, 0.4) is 0 Å². The van der Waals surface area contributed by atoms with E-state index in [1.807, 2.05) is 20.8 Å². The normalized spacial score (nSPS) is 21.2. The van der Waals surface area contributed by atoms with Gasteiger partial charge >= 0.3 is 5.97 Å². The van der Waals surface area contributed by atoms with Crippen LogP contribution in [-0.2, 0) is 9.53 Å². The number of hydrogen-bond donors (Lipinski definition) is 0. The first kappa shape index (κ1) is 15.5. The number of hydrogen-bond acceptors (Lipinski definition) is 3. The van der Waals surface area contributed by atoms with Crippen LogP contribution in [-0.4, -0.2) is 36.1 Å². The first-order valence-corrected chi connectivity index (χ1v) is 7.35. The summed E-state index contributed by atoms with van der Waals surface area (Å²) in [4.78, 5) is 14.0. The van der Waals surface area contributed by atoms with Crippen molar-refractivity contribution in [3.8, 4) is 0 Å². The quantitative estimate of drug-likeness (QED) is 0.539. The molecule has 0 spiro atoms. The minimum Gasteiger partial charge on any atom is -0.460 e. The van der Waals surface area contributed by atoms with E-state index in [4.69, 9.17) is 4.74 Å². The number of likely N-dealkylation sites (tertiary alicyclic amines) is 1. The zero-order chi connectivity index (χ0) is 13.6. The Labute approximate surface area is 112 Å². The zero-order valence-electron chi connectivity index (χ0n) is 12.5. The van der Waals surface area contributed by atoms with E-state index in [1.165, 1.54) is 32.5 Å². The summed E-state index contributed by atoms with van der Waals surface area (Å²) in [5.74, 6) is 0.799. The molecular formula is C15H29NO2. The Morgan fingerprint density at radius 1 is 1.33 bits per heavy atom. The highest BCUT2D eigenvalue weighted by Gasteiger charge is 2.21. The monoisotopic (exact) mass is 255 g/mol. The Bertz CT molecular complexity index is 258. The number of rotatable bonds is 6. The summed E-state index contributed by atoms with van der Waals surface area (Å²) >= 11 is 0. The van der Waals surface area contributed by atoms with Crippen LogP contribution in [0.5, 0.6) is 0 Å². The molecule has 1 rings (SSSR count). The third-order valence-electron chi connectivity index (χ3n) is 3.48. The van der Waals surface area contributed by atoms with Crippen LogP contribution in [0.4, 0.5) is 0 Å². The molecule has 0 amide bonds. The van der Waals surface area contributed by atoms with Gasteiger partial charge in [-0.15, -0.1) is 0 Å². The molecule has 3 nitrogen and oxygen atoms in total. The molecule has 0 radical (unpaired) electrons. The van der Waals surface area contributed by atoms with Crippen molar-refractivity contribution in [3.63, 3.8) is 0 Å². The number of carbonyl (C=O) groups is 1. The van der Waals surface area contributed by atoms with Gasteiger partial charge in [0.25, 0.3) is 0 Å². The van der Waals surface area contributed by atoms with Crippen molar-refractivity contribution in [1.29, 1.82) is 0 Å². The van der Waals surface area contributed by atoms with Crippen LogP contribution >= 0.6 is 0 Å². The molecule has 0 saturated carbocycles. The second-order valence-corrected chi connectivity index (χ2v) is 6.38. The highest BCUT2D eigenvalue weighted by Crippen LogP contribution is 2.22. The number of carbonyl (C=O) groups excluding carboxylic acids is 1. The molecule has 0 N–H and O–H groups in total. The first-order chi connectivity index (χ1) is 8.40. The van der Waals surface area contributed by atoms with Crippen LogP contribution in [0.15, 0.2) is 0 Å². The third-order valence-corrected chi connectivity index (χ3v) is 3.48. The summed E-state index contributed by atoms with van der Waals surface area (Å²) in [5.41, 5.74) is -0.343. The van der Waals surface area contributed by atoms with Crippen LogP contribution in [0, 0.1) is 5.92 Å². The van der Waals surface area contributed by atoms with Crippen LogP contribution < -0.4 is 0 Å². The molecule has 0 aliphatic carbocycles. The molecule has 1 unspecified atom stereocenters. The van der Waals surface area contributed by atoms with Crippen molar-refractivity contribution in [2.45, 2.75) is 65.4 Å². The predicted octanol–water partition coefficient (Wildman–Crippen LogP) is 3.23. The fourth-order valence-electron chi connectivity index (χ4n) is 2.53. The highest BCUT2D eigenvalue weighted by atomic mass is 16.6. The van der Waals surface area contributed by atoms with Gasteiger partial charge in [-0.3, -0.25) is 4.79 Å². The molecule has 1 aliphatic heterocycles. The van der Waals surface area contributed by atoms with Gasteiger partial charge in [0.1, 0.15) is 5.60 Å². The summed E-state index contributed by atoms with van der Waals surface area (Å²) < 4.78 is 5.30. The largest absolute Gasteiger partial charge is 0.460 e. The van der Waals surface area contributed by atoms with E-state index in [2.05, 4.69) is 11.8 Å². The predicted molar refractivity (Wildman–Crippen MR) is 74.5 cm³/mol. The van der Waals surface area contributed by atoms with Crippen LogP contribution in [0.2, 0.25) is 0 Å². The van der Waals surface area contributed by atoms with Crippen LogP contribution in [0.1, 0.15) is 59.8 Å². The maximum Gasteiger partial charge on any atom is 0.306 e. The van der Waals surface area contributed by atoms with Gasteiger partial charge in [-0.05, 0) is 59.0 Å². The van der Waals surface area contributed by atoms with Crippen molar-refractivity contribution < 1.29 is 9.53 Å². The van der Waals surface area contributed by atoms with Gasteiger partial charge in [0.15, 0.2) is 0 Å². The fraction of sp³-hybridized carbons (Fsp3) is 0.933. The van der Waals surface area contributed by atoms with Crippen molar-refractivity contribution >= 4 is 5.97 Å². The summed E-state index contributed by atoms with van der Waals surface area (Å²) in [6.45, 7) is 11.7. The highest BCUT2D eigenvalue weighted by molar-refractivity contribution is 5.69. The molecule has 1 fully saturated rings. The number of nitrogens with zero attached hydrogens (tertiary/aromatic N) is 1. The van der Waals surface area contributed by atoms with Gasteiger partial charge < -0.3 is 9.64 Å². The molecule has 0 aromatic rings. The average molecular weight is 255 g/mol. The van der Waals surface area contributed by atoms with Gasteiger partial charge in [0.05, 0.1) is 0 Å². The van der Waals surface area contributed by atoms with Gasteiger partial charge in [0.2, 0.25) is 0 Å². The molecule has 1 atom stereocenters. The summed E-state index contributed by atoms with van der Waals surface area (Å²) in [6, 6.07) is 0. The van der Waals surface area contributed by atoms with Gasteiger partial charge in [-0.25, -0.2) is 0 Å². The Hall–Kier alpha value is -0.570.